The molecule has 0 aromatic heterocycles. The highest BCUT2D eigenvalue weighted by Gasteiger charge is 2.32. The van der Waals surface area contributed by atoms with Gasteiger partial charge in [-0.15, -0.1) is 0 Å². The van der Waals surface area contributed by atoms with Gasteiger partial charge in [-0.05, 0) is 39.0 Å². The molecular formula is C15H29N3O. The van der Waals surface area contributed by atoms with E-state index >= 15 is 0 Å². The highest BCUT2D eigenvalue weighted by atomic mass is 16.2. The average Bonchev–Trinajstić information content (AvgIpc) is 2.74. The lowest BCUT2D eigenvalue weighted by Crippen LogP contribution is -2.50. The Labute approximate surface area is 117 Å². The normalized spacial score (nSPS) is 29.3. The van der Waals surface area contributed by atoms with Crippen molar-refractivity contribution in [3.05, 3.63) is 0 Å². The summed E-state index contributed by atoms with van der Waals surface area (Å²) in [4.78, 5) is 14.7. The van der Waals surface area contributed by atoms with Gasteiger partial charge in [-0.25, -0.2) is 0 Å². The van der Waals surface area contributed by atoms with Crippen LogP contribution in [0.2, 0.25) is 0 Å². The third kappa shape index (κ3) is 3.69. The van der Waals surface area contributed by atoms with E-state index in [2.05, 4.69) is 36.3 Å². The standard InChI is InChI=1S/C15H29N3O/c1-4-12(5-2)17-15(19)11(3)18-9-8-13-6-7-14(10-18)16-13/h11-14,16H,4-10H2,1-3H3,(H,17,19). The number of nitrogens with zero attached hydrogens (tertiary/aromatic N) is 1. The maximum absolute atomic E-state index is 12.3. The lowest BCUT2D eigenvalue weighted by atomic mass is 10.1. The summed E-state index contributed by atoms with van der Waals surface area (Å²) in [5.74, 6) is 0.200. The van der Waals surface area contributed by atoms with Gasteiger partial charge in [0, 0.05) is 31.2 Å². The lowest BCUT2D eigenvalue weighted by molar-refractivity contribution is -0.126. The van der Waals surface area contributed by atoms with Crippen molar-refractivity contribution in [3.63, 3.8) is 0 Å². The molecule has 2 bridgehead atoms. The number of fused-ring (bicyclic) bond motifs is 2. The molecule has 3 atom stereocenters. The Kier molecular flexibility index (Phi) is 5.22. The summed E-state index contributed by atoms with van der Waals surface area (Å²) in [6, 6.07) is 1.61. The zero-order valence-corrected chi connectivity index (χ0v) is 12.6. The van der Waals surface area contributed by atoms with Crippen LogP contribution in [0.15, 0.2) is 0 Å². The van der Waals surface area contributed by atoms with Gasteiger partial charge >= 0.3 is 0 Å². The second-order valence-electron chi connectivity index (χ2n) is 6.12. The van der Waals surface area contributed by atoms with E-state index in [0.717, 1.165) is 25.9 Å². The molecule has 2 heterocycles. The van der Waals surface area contributed by atoms with Gasteiger partial charge in [-0.1, -0.05) is 13.8 Å². The number of hydrogen-bond donors (Lipinski definition) is 2. The first-order valence-electron chi connectivity index (χ1n) is 7.94. The second kappa shape index (κ2) is 6.71. The van der Waals surface area contributed by atoms with Crippen LogP contribution in [0.25, 0.3) is 0 Å². The van der Waals surface area contributed by atoms with Crippen LogP contribution in [0.4, 0.5) is 0 Å². The molecule has 0 radical (unpaired) electrons. The van der Waals surface area contributed by atoms with E-state index < -0.39 is 0 Å². The molecule has 1 amide bonds. The molecule has 3 unspecified atom stereocenters. The van der Waals surface area contributed by atoms with Crippen molar-refractivity contribution in [2.24, 2.45) is 0 Å². The number of amides is 1. The van der Waals surface area contributed by atoms with E-state index in [9.17, 15) is 4.79 Å². The van der Waals surface area contributed by atoms with E-state index in [4.69, 9.17) is 0 Å². The van der Waals surface area contributed by atoms with Gasteiger partial charge in [-0.3, -0.25) is 9.69 Å². The van der Waals surface area contributed by atoms with E-state index in [1.54, 1.807) is 0 Å². The highest BCUT2D eigenvalue weighted by Crippen LogP contribution is 2.21. The fourth-order valence-corrected chi connectivity index (χ4v) is 3.30. The first-order valence-corrected chi connectivity index (χ1v) is 7.94. The van der Waals surface area contributed by atoms with E-state index in [1.807, 2.05) is 0 Å². The molecule has 2 aliphatic heterocycles. The number of likely N-dealkylation sites (tertiary alicyclic amines) is 1. The van der Waals surface area contributed by atoms with Gasteiger partial charge in [-0.2, -0.15) is 0 Å². The van der Waals surface area contributed by atoms with Crippen LogP contribution in [0.3, 0.4) is 0 Å². The molecule has 2 aliphatic rings. The first-order chi connectivity index (χ1) is 9.13. The first kappa shape index (κ1) is 14.8. The summed E-state index contributed by atoms with van der Waals surface area (Å²) in [5.41, 5.74) is 0. The monoisotopic (exact) mass is 267 g/mol. The molecule has 0 aromatic rings. The van der Waals surface area contributed by atoms with Crippen molar-refractivity contribution < 1.29 is 4.79 Å². The van der Waals surface area contributed by atoms with Crippen LogP contribution in [-0.4, -0.2) is 48.1 Å². The molecule has 4 nitrogen and oxygen atoms in total. The Morgan fingerprint density at radius 3 is 2.63 bits per heavy atom. The number of carbonyl (C=O) groups is 1. The molecule has 0 aliphatic carbocycles. The maximum Gasteiger partial charge on any atom is 0.237 e. The minimum atomic E-state index is 0.00162. The predicted octanol–water partition coefficient (Wildman–Crippen LogP) is 1.51. The van der Waals surface area contributed by atoms with Crippen LogP contribution < -0.4 is 10.6 Å². The molecule has 0 saturated carbocycles. The summed E-state index contributed by atoms with van der Waals surface area (Å²) in [5, 5.41) is 6.84. The van der Waals surface area contributed by atoms with Crippen molar-refractivity contribution >= 4 is 5.91 Å². The molecule has 0 aromatic carbocycles. The van der Waals surface area contributed by atoms with E-state index in [-0.39, 0.29) is 11.9 Å². The fourth-order valence-electron chi connectivity index (χ4n) is 3.30. The summed E-state index contributed by atoms with van der Waals surface area (Å²) in [6.45, 7) is 8.39. The maximum atomic E-state index is 12.3. The van der Waals surface area contributed by atoms with Gasteiger partial charge in [0.05, 0.1) is 6.04 Å². The van der Waals surface area contributed by atoms with Crippen LogP contribution in [0.5, 0.6) is 0 Å². The summed E-state index contributed by atoms with van der Waals surface area (Å²) in [6.07, 6.45) is 5.79. The molecule has 2 fully saturated rings. The minimum absolute atomic E-state index is 0.00162. The molecule has 110 valence electrons. The molecule has 19 heavy (non-hydrogen) atoms. The Bertz CT molecular complexity index is 304. The molecule has 4 heteroatoms. The number of hydrogen-bond acceptors (Lipinski definition) is 3. The smallest absolute Gasteiger partial charge is 0.237 e. The van der Waals surface area contributed by atoms with Gasteiger partial charge in [0.1, 0.15) is 0 Å². The summed E-state index contributed by atoms with van der Waals surface area (Å²) >= 11 is 0. The van der Waals surface area contributed by atoms with E-state index in [1.165, 1.54) is 19.3 Å². The average molecular weight is 267 g/mol. The zero-order valence-electron chi connectivity index (χ0n) is 12.6. The van der Waals surface area contributed by atoms with Crippen molar-refractivity contribution in [1.82, 2.24) is 15.5 Å². The minimum Gasteiger partial charge on any atom is -0.352 e. The molecule has 2 rings (SSSR count). The third-order valence-electron chi connectivity index (χ3n) is 4.81. The molecular weight excluding hydrogens is 238 g/mol. The van der Waals surface area contributed by atoms with Crippen LogP contribution in [0, 0.1) is 0 Å². The van der Waals surface area contributed by atoms with Crippen molar-refractivity contribution in [3.8, 4) is 0 Å². The van der Waals surface area contributed by atoms with Gasteiger partial charge in [0.2, 0.25) is 5.91 Å². The Morgan fingerprint density at radius 1 is 1.26 bits per heavy atom. The SMILES string of the molecule is CCC(CC)NC(=O)C(C)N1CCC2CCC(C1)N2. The Morgan fingerprint density at radius 2 is 1.95 bits per heavy atom. The Hall–Kier alpha value is -0.610. The van der Waals surface area contributed by atoms with Gasteiger partial charge < -0.3 is 10.6 Å². The lowest BCUT2D eigenvalue weighted by Gasteiger charge is -2.30. The largest absolute Gasteiger partial charge is 0.352 e. The summed E-state index contributed by atoms with van der Waals surface area (Å²) < 4.78 is 0. The number of carbonyl (C=O) groups excluding carboxylic acids is 1. The topological polar surface area (TPSA) is 44.4 Å². The van der Waals surface area contributed by atoms with Crippen molar-refractivity contribution in [2.75, 3.05) is 13.1 Å². The van der Waals surface area contributed by atoms with Crippen LogP contribution in [-0.2, 0) is 4.79 Å². The zero-order chi connectivity index (χ0) is 13.8. The summed E-state index contributed by atoms with van der Waals surface area (Å²) in [7, 11) is 0. The Balaban J connectivity index is 1.87. The molecule has 2 saturated heterocycles. The molecule has 2 N–H and O–H groups in total. The molecule has 0 spiro atoms. The second-order valence-corrected chi connectivity index (χ2v) is 6.12. The predicted molar refractivity (Wildman–Crippen MR) is 78.1 cm³/mol. The third-order valence-corrected chi connectivity index (χ3v) is 4.81. The quantitative estimate of drug-likeness (QED) is 0.793. The van der Waals surface area contributed by atoms with Crippen LogP contribution >= 0.6 is 0 Å². The van der Waals surface area contributed by atoms with Crippen LogP contribution in [0.1, 0.15) is 52.9 Å². The van der Waals surface area contributed by atoms with Gasteiger partial charge in [0.15, 0.2) is 0 Å². The number of rotatable bonds is 5. The van der Waals surface area contributed by atoms with Crippen molar-refractivity contribution in [1.29, 1.82) is 0 Å². The van der Waals surface area contributed by atoms with Crippen molar-refractivity contribution in [2.45, 2.75) is 77.0 Å². The van der Waals surface area contributed by atoms with Gasteiger partial charge in [0.25, 0.3) is 0 Å². The number of nitrogens with one attached hydrogen (secondary N) is 2. The highest BCUT2D eigenvalue weighted by molar-refractivity contribution is 5.81. The fraction of sp³-hybridized carbons (Fsp3) is 0.933. The van der Waals surface area contributed by atoms with E-state index in [0.29, 0.717) is 18.1 Å².